The fraction of sp³-hybridized carbons (Fsp3) is 0.231. The summed E-state index contributed by atoms with van der Waals surface area (Å²) in [6.45, 7) is 2.30. The Bertz CT molecular complexity index is 657. The summed E-state index contributed by atoms with van der Waals surface area (Å²) in [5, 5.41) is 15.4. The van der Waals surface area contributed by atoms with E-state index in [1.54, 1.807) is 12.1 Å². The molecular formula is C13H14N4O3. The van der Waals surface area contributed by atoms with E-state index in [2.05, 4.69) is 20.6 Å². The number of nitrogens with one attached hydrogen (secondary N) is 2. The molecule has 1 aromatic carbocycles. The van der Waals surface area contributed by atoms with Gasteiger partial charge in [-0.25, -0.2) is 14.8 Å². The molecule has 7 nitrogen and oxygen atoms in total. The van der Waals surface area contributed by atoms with Crippen LogP contribution in [0.25, 0.3) is 10.9 Å². The number of fused-ring (bicyclic) bond motifs is 1. The van der Waals surface area contributed by atoms with Crippen LogP contribution < -0.4 is 10.6 Å². The van der Waals surface area contributed by atoms with Gasteiger partial charge in [0.25, 0.3) is 0 Å². The highest BCUT2D eigenvalue weighted by Gasteiger charge is 2.12. The topological polar surface area (TPSA) is 104 Å². The lowest BCUT2D eigenvalue weighted by atomic mass is 10.2. The van der Waals surface area contributed by atoms with Crippen molar-refractivity contribution < 1.29 is 14.7 Å². The van der Waals surface area contributed by atoms with E-state index in [-0.39, 0.29) is 11.7 Å². The van der Waals surface area contributed by atoms with Gasteiger partial charge in [-0.2, -0.15) is 0 Å². The molecule has 1 amide bonds. The fourth-order valence-electron chi connectivity index (χ4n) is 1.73. The molecule has 1 aromatic heterocycles. The molecule has 1 heterocycles. The molecule has 0 bridgehead atoms. The Kier molecular flexibility index (Phi) is 4.09. The number of carboxylic acids is 1. The number of nitrogens with zero attached hydrogens (tertiary/aromatic N) is 2. The number of para-hydroxylation sites is 1. The van der Waals surface area contributed by atoms with Crippen LogP contribution in [0, 0.1) is 0 Å². The second-order valence-electron chi connectivity index (χ2n) is 4.13. The first-order valence-electron chi connectivity index (χ1n) is 6.06. The SMILES string of the molecule is CC(=O)NCCNc1nc(C(=O)O)nc2ccccc12. The predicted molar refractivity (Wildman–Crippen MR) is 73.7 cm³/mol. The van der Waals surface area contributed by atoms with Gasteiger partial charge in [0.05, 0.1) is 5.52 Å². The smallest absolute Gasteiger partial charge is 0.374 e. The van der Waals surface area contributed by atoms with Gasteiger partial charge in [0, 0.05) is 25.4 Å². The second kappa shape index (κ2) is 5.96. The Labute approximate surface area is 115 Å². The van der Waals surface area contributed by atoms with E-state index in [1.807, 2.05) is 12.1 Å². The first kappa shape index (κ1) is 13.7. The van der Waals surface area contributed by atoms with Gasteiger partial charge in [0.15, 0.2) is 0 Å². The highest BCUT2D eigenvalue weighted by atomic mass is 16.4. The Balaban J connectivity index is 2.25. The monoisotopic (exact) mass is 274 g/mol. The minimum Gasteiger partial charge on any atom is -0.475 e. The number of hydrogen-bond acceptors (Lipinski definition) is 5. The highest BCUT2D eigenvalue weighted by Crippen LogP contribution is 2.19. The maximum Gasteiger partial charge on any atom is 0.374 e. The van der Waals surface area contributed by atoms with Crippen LogP contribution in [0.3, 0.4) is 0 Å². The van der Waals surface area contributed by atoms with Gasteiger partial charge < -0.3 is 15.7 Å². The first-order chi connectivity index (χ1) is 9.58. The molecule has 20 heavy (non-hydrogen) atoms. The van der Waals surface area contributed by atoms with Gasteiger partial charge in [0.2, 0.25) is 11.7 Å². The van der Waals surface area contributed by atoms with Gasteiger partial charge in [-0.1, -0.05) is 12.1 Å². The normalized spacial score (nSPS) is 10.2. The van der Waals surface area contributed by atoms with Crippen molar-refractivity contribution in [2.45, 2.75) is 6.92 Å². The van der Waals surface area contributed by atoms with Gasteiger partial charge >= 0.3 is 5.97 Å². The minimum absolute atomic E-state index is 0.120. The zero-order valence-corrected chi connectivity index (χ0v) is 10.9. The van der Waals surface area contributed by atoms with Crippen molar-refractivity contribution in [3.8, 4) is 0 Å². The lowest BCUT2D eigenvalue weighted by Gasteiger charge is -2.09. The molecule has 0 saturated heterocycles. The summed E-state index contributed by atoms with van der Waals surface area (Å²) in [7, 11) is 0. The molecule has 0 aliphatic rings. The van der Waals surface area contributed by atoms with Crippen LogP contribution in [0.4, 0.5) is 5.82 Å². The van der Waals surface area contributed by atoms with Crippen LogP contribution in [-0.4, -0.2) is 40.0 Å². The molecule has 2 aromatic rings. The largest absolute Gasteiger partial charge is 0.475 e. The fourth-order valence-corrected chi connectivity index (χ4v) is 1.73. The van der Waals surface area contributed by atoms with Gasteiger partial charge in [-0.05, 0) is 12.1 Å². The summed E-state index contributed by atoms with van der Waals surface area (Å²) >= 11 is 0. The van der Waals surface area contributed by atoms with Crippen LogP contribution in [0.1, 0.15) is 17.5 Å². The molecule has 2 rings (SSSR count). The van der Waals surface area contributed by atoms with Crippen LogP contribution in [0.5, 0.6) is 0 Å². The van der Waals surface area contributed by atoms with E-state index >= 15 is 0 Å². The Morgan fingerprint density at radius 2 is 1.95 bits per heavy atom. The third-order valence-corrected chi connectivity index (χ3v) is 2.59. The van der Waals surface area contributed by atoms with E-state index in [0.717, 1.165) is 5.39 Å². The first-order valence-corrected chi connectivity index (χ1v) is 6.06. The number of carbonyl (C=O) groups excluding carboxylic acids is 1. The number of aromatic nitrogens is 2. The Morgan fingerprint density at radius 3 is 2.65 bits per heavy atom. The number of anilines is 1. The van der Waals surface area contributed by atoms with Crippen LogP contribution in [0.15, 0.2) is 24.3 Å². The number of hydrogen-bond donors (Lipinski definition) is 3. The lowest BCUT2D eigenvalue weighted by molar-refractivity contribution is -0.118. The molecule has 0 atom stereocenters. The van der Waals surface area contributed by atoms with Gasteiger partial charge in [-0.3, -0.25) is 4.79 Å². The van der Waals surface area contributed by atoms with Crippen molar-refractivity contribution in [2.75, 3.05) is 18.4 Å². The quantitative estimate of drug-likeness (QED) is 0.699. The number of rotatable bonds is 5. The number of amides is 1. The Morgan fingerprint density at radius 1 is 1.20 bits per heavy atom. The lowest BCUT2D eigenvalue weighted by Crippen LogP contribution is -2.26. The molecule has 104 valence electrons. The van der Waals surface area contributed by atoms with Crippen LogP contribution in [-0.2, 0) is 4.79 Å². The zero-order chi connectivity index (χ0) is 14.5. The maximum atomic E-state index is 11.0. The van der Waals surface area contributed by atoms with Crippen molar-refractivity contribution in [3.63, 3.8) is 0 Å². The number of carbonyl (C=O) groups is 2. The molecule has 0 unspecified atom stereocenters. The van der Waals surface area contributed by atoms with E-state index in [0.29, 0.717) is 24.4 Å². The van der Waals surface area contributed by atoms with Crippen molar-refractivity contribution in [3.05, 3.63) is 30.1 Å². The molecule has 7 heteroatoms. The molecule has 3 N–H and O–H groups in total. The second-order valence-corrected chi connectivity index (χ2v) is 4.13. The average Bonchev–Trinajstić information content (AvgIpc) is 2.42. The number of carboxylic acid groups (broad SMARTS) is 1. The zero-order valence-electron chi connectivity index (χ0n) is 10.9. The summed E-state index contributed by atoms with van der Waals surface area (Å²) in [6.07, 6.45) is 0. The van der Waals surface area contributed by atoms with Gasteiger partial charge in [0.1, 0.15) is 5.82 Å². The van der Waals surface area contributed by atoms with Crippen LogP contribution in [0.2, 0.25) is 0 Å². The van der Waals surface area contributed by atoms with Crippen LogP contribution >= 0.6 is 0 Å². The highest BCUT2D eigenvalue weighted by molar-refractivity contribution is 5.93. The molecule has 0 aliphatic heterocycles. The van der Waals surface area contributed by atoms with E-state index in [1.165, 1.54) is 6.92 Å². The predicted octanol–water partition coefficient (Wildman–Crippen LogP) is 0.876. The van der Waals surface area contributed by atoms with Crippen molar-refractivity contribution in [1.29, 1.82) is 0 Å². The van der Waals surface area contributed by atoms with E-state index < -0.39 is 5.97 Å². The molecule has 0 radical (unpaired) electrons. The third kappa shape index (κ3) is 3.19. The molecule has 0 aliphatic carbocycles. The molecule has 0 saturated carbocycles. The Hall–Kier alpha value is -2.70. The van der Waals surface area contributed by atoms with E-state index in [4.69, 9.17) is 5.11 Å². The van der Waals surface area contributed by atoms with E-state index in [9.17, 15) is 9.59 Å². The van der Waals surface area contributed by atoms with Crippen molar-refractivity contribution >= 4 is 28.6 Å². The molecular weight excluding hydrogens is 260 g/mol. The summed E-state index contributed by atoms with van der Waals surface area (Å²) in [4.78, 5) is 29.7. The molecule has 0 fully saturated rings. The maximum absolute atomic E-state index is 11.0. The summed E-state index contributed by atoms with van der Waals surface area (Å²) in [6, 6.07) is 7.14. The molecule has 0 spiro atoms. The van der Waals surface area contributed by atoms with Gasteiger partial charge in [-0.15, -0.1) is 0 Å². The number of benzene rings is 1. The summed E-state index contributed by atoms with van der Waals surface area (Å²) < 4.78 is 0. The minimum atomic E-state index is -1.18. The summed E-state index contributed by atoms with van der Waals surface area (Å²) in [5.74, 6) is -1.12. The average molecular weight is 274 g/mol. The van der Waals surface area contributed by atoms with Crippen molar-refractivity contribution in [1.82, 2.24) is 15.3 Å². The third-order valence-electron chi connectivity index (χ3n) is 2.59. The number of aromatic carboxylic acids is 1. The standard InChI is InChI=1S/C13H14N4O3/c1-8(18)14-6-7-15-11-9-4-2-3-5-10(9)16-12(17-11)13(19)20/h2-5H,6-7H2,1H3,(H,14,18)(H,19,20)(H,15,16,17). The summed E-state index contributed by atoms with van der Waals surface area (Å²) in [5.41, 5.74) is 0.557. The van der Waals surface area contributed by atoms with Crippen molar-refractivity contribution in [2.24, 2.45) is 0 Å².